The lowest BCUT2D eigenvalue weighted by molar-refractivity contribution is 0.0536. The van der Waals surface area contributed by atoms with Crippen molar-refractivity contribution in [3.05, 3.63) is 33.8 Å². The van der Waals surface area contributed by atoms with Gasteiger partial charge >= 0.3 is 0 Å². The van der Waals surface area contributed by atoms with Crippen LogP contribution in [-0.4, -0.2) is 19.8 Å². The van der Waals surface area contributed by atoms with Crippen LogP contribution in [0.15, 0.2) is 22.7 Å². The summed E-state index contributed by atoms with van der Waals surface area (Å²) >= 11 is 3.59. The van der Waals surface area contributed by atoms with Crippen LogP contribution in [0.25, 0.3) is 0 Å². The molecule has 0 amide bonds. The normalized spacial score (nSPS) is 18.5. The summed E-state index contributed by atoms with van der Waals surface area (Å²) in [5, 5.41) is 3.73. The van der Waals surface area contributed by atoms with E-state index in [-0.39, 0.29) is 0 Å². The number of halogens is 1. The maximum Gasteiger partial charge on any atom is 0.0469 e. The molecule has 1 atom stereocenters. The molecule has 1 fully saturated rings. The van der Waals surface area contributed by atoms with Crippen molar-refractivity contribution in [2.75, 3.05) is 19.8 Å². The molecule has 2 nitrogen and oxygen atoms in total. The van der Waals surface area contributed by atoms with Crippen LogP contribution in [0.4, 0.5) is 0 Å². The molecule has 1 unspecified atom stereocenters. The predicted molar refractivity (Wildman–Crippen MR) is 83.5 cm³/mol. The highest BCUT2D eigenvalue weighted by Gasteiger charge is 2.25. The zero-order valence-electron chi connectivity index (χ0n) is 11.9. The molecule has 0 spiro atoms. The number of nitrogens with one attached hydrogen (secondary N) is 1. The Hall–Kier alpha value is -0.380. The molecule has 1 heterocycles. The van der Waals surface area contributed by atoms with Crippen molar-refractivity contribution in [3.63, 3.8) is 0 Å². The number of hydrogen-bond acceptors (Lipinski definition) is 2. The highest BCUT2D eigenvalue weighted by molar-refractivity contribution is 9.10. The summed E-state index contributed by atoms with van der Waals surface area (Å²) < 4.78 is 6.69. The molecule has 0 radical (unpaired) electrons. The minimum Gasteiger partial charge on any atom is -0.381 e. The number of hydrogen-bond donors (Lipinski definition) is 1. The van der Waals surface area contributed by atoms with E-state index in [1.165, 1.54) is 22.0 Å². The lowest BCUT2D eigenvalue weighted by Gasteiger charge is -2.31. The first-order chi connectivity index (χ1) is 9.22. The molecule has 0 aliphatic carbocycles. The van der Waals surface area contributed by atoms with Gasteiger partial charge in [-0.1, -0.05) is 35.0 Å². The Morgan fingerprint density at radius 1 is 1.37 bits per heavy atom. The molecule has 0 saturated carbocycles. The van der Waals surface area contributed by atoms with E-state index in [1.54, 1.807) is 0 Å². The standard InChI is InChI=1S/C16H24BrNO/c1-3-8-18-16(13-6-9-19-10-7-13)14-4-5-15(17)12(2)11-14/h4-5,11,13,16,18H,3,6-10H2,1-2H3. The van der Waals surface area contributed by atoms with Gasteiger partial charge in [0.25, 0.3) is 0 Å². The van der Waals surface area contributed by atoms with Gasteiger partial charge in [-0.3, -0.25) is 0 Å². The molecule has 106 valence electrons. The number of aryl methyl sites for hydroxylation is 1. The summed E-state index contributed by atoms with van der Waals surface area (Å²) in [4.78, 5) is 0. The van der Waals surface area contributed by atoms with Gasteiger partial charge in [-0.15, -0.1) is 0 Å². The lowest BCUT2D eigenvalue weighted by atomic mass is 9.86. The van der Waals surface area contributed by atoms with Crippen molar-refractivity contribution < 1.29 is 4.74 Å². The number of rotatable bonds is 5. The van der Waals surface area contributed by atoms with Crippen LogP contribution in [0.5, 0.6) is 0 Å². The van der Waals surface area contributed by atoms with E-state index < -0.39 is 0 Å². The minimum absolute atomic E-state index is 0.468. The molecular formula is C16H24BrNO. The fraction of sp³-hybridized carbons (Fsp3) is 0.625. The van der Waals surface area contributed by atoms with E-state index in [1.807, 2.05) is 0 Å². The Bertz CT molecular complexity index is 402. The van der Waals surface area contributed by atoms with Gasteiger partial charge in [0.15, 0.2) is 0 Å². The molecule has 1 aromatic rings. The SMILES string of the molecule is CCCNC(c1ccc(Br)c(C)c1)C1CCOCC1. The summed E-state index contributed by atoms with van der Waals surface area (Å²) in [6, 6.07) is 7.20. The third-order valence-corrected chi connectivity index (χ3v) is 4.78. The van der Waals surface area contributed by atoms with Crippen LogP contribution in [0.1, 0.15) is 43.4 Å². The van der Waals surface area contributed by atoms with Gasteiger partial charge in [-0.2, -0.15) is 0 Å². The quantitative estimate of drug-likeness (QED) is 0.874. The van der Waals surface area contributed by atoms with E-state index in [0.717, 1.165) is 32.6 Å². The van der Waals surface area contributed by atoms with Crippen LogP contribution in [0.2, 0.25) is 0 Å². The van der Waals surface area contributed by atoms with E-state index in [4.69, 9.17) is 4.74 Å². The first kappa shape index (κ1) is 15.0. The molecule has 1 aliphatic heterocycles. The third kappa shape index (κ3) is 4.04. The molecule has 1 aliphatic rings. The second kappa shape index (κ2) is 7.41. The van der Waals surface area contributed by atoms with E-state index in [9.17, 15) is 0 Å². The van der Waals surface area contributed by atoms with Crippen molar-refractivity contribution in [1.29, 1.82) is 0 Å². The van der Waals surface area contributed by atoms with Gasteiger partial charge in [-0.25, -0.2) is 0 Å². The summed E-state index contributed by atoms with van der Waals surface area (Å²) in [5.41, 5.74) is 2.73. The first-order valence-electron chi connectivity index (χ1n) is 7.29. The van der Waals surface area contributed by atoms with Gasteiger partial charge in [0, 0.05) is 23.7 Å². The van der Waals surface area contributed by atoms with Crippen LogP contribution in [0.3, 0.4) is 0 Å². The van der Waals surface area contributed by atoms with Crippen molar-refractivity contribution >= 4 is 15.9 Å². The summed E-state index contributed by atoms with van der Waals surface area (Å²) in [6.07, 6.45) is 3.50. The van der Waals surface area contributed by atoms with Gasteiger partial charge in [0.05, 0.1) is 0 Å². The van der Waals surface area contributed by atoms with Crippen molar-refractivity contribution in [1.82, 2.24) is 5.32 Å². The Kier molecular flexibility index (Phi) is 5.86. The highest BCUT2D eigenvalue weighted by Crippen LogP contribution is 2.31. The van der Waals surface area contributed by atoms with Gasteiger partial charge in [-0.05, 0) is 55.8 Å². The predicted octanol–water partition coefficient (Wildman–Crippen LogP) is 4.22. The Morgan fingerprint density at radius 3 is 2.74 bits per heavy atom. The fourth-order valence-corrected chi connectivity index (χ4v) is 3.01. The average Bonchev–Trinajstić information content (AvgIpc) is 2.44. The zero-order valence-corrected chi connectivity index (χ0v) is 13.5. The van der Waals surface area contributed by atoms with Crippen molar-refractivity contribution in [2.45, 2.75) is 39.2 Å². The maximum absolute atomic E-state index is 5.50. The topological polar surface area (TPSA) is 21.3 Å². The van der Waals surface area contributed by atoms with Crippen LogP contribution >= 0.6 is 15.9 Å². The molecule has 1 saturated heterocycles. The second-order valence-electron chi connectivity index (χ2n) is 5.39. The van der Waals surface area contributed by atoms with Crippen LogP contribution in [-0.2, 0) is 4.74 Å². The smallest absolute Gasteiger partial charge is 0.0469 e. The largest absolute Gasteiger partial charge is 0.381 e. The van der Waals surface area contributed by atoms with Crippen LogP contribution < -0.4 is 5.32 Å². The fourth-order valence-electron chi connectivity index (χ4n) is 2.77. The van der Waals surface area contributed by atoms with Gasteiger partial charge in [0.2, 0.25) is 0 Å². The summed E-state index contributed by atoms with van der Waals surface area (Å²) in [7, 11) is 0. The molecule has 2 rings (SSSR count). The van der Waals surface area contributed by atoms with Crippen molar-refractivity contribution in [2.24, 2.45) is 5.92 Å². The van der Waals surface area contributed by atoms with E-state index >= 15 is 0 Å². The molecular weight excluding hydrogens is 302 g/mol. The highest BCUT2D eigenvalue weighted by atomic mass is 79.9. The second-order valence-corrected chi connectivity index (χ2v) is 6.24. The minimum atomic E-state index is 0.468. The number of ether oxygens (including phenoxy) is 1. The van der Waals surface area contributed by atoms with Gasteiger partial charge < -0.3 is 10.1 Å². The third-order valence-electron chi connectivity index (χ3n) is 3.89. The number of benzene rings is 1. The Balaban J connectivity index is 2.17. The molecule has 0 bridgehead atoms. The molecule has 1 N–H and O–H groups in total. The van der Waals surface area contributed by atoms with Gasteiger partial charge in [0.1, 0.15) is 0 Å². The maximum atomic E-state index is 5.50. The van der Waals surface area contributed by atoms with Crippen LogP contribution in [0, 0.1) is 12.8 Å². The molecule has 1 aromatic carbocycles. The molecule has 0 aromatic heterocycles. The van der Waals surface area contributed by atoms with E-state index in [0.29, 0.717) is 12.0 Å². The first-order valence-corrected chi connectivity index (χ1v) is 8.09. The molecule has 19 heavy (non-hydrogen) atoms. The zero-order chi connectivity index (χ0) is 13.7. The summed E-state index contributed by atoms with van der Waals surface area (Å²) in [5.74, 6) is 0.695. The lowest BCUT2D eigenvalue weighted by Crippen LogP contribution is -2.32. The average molecular weight is 326 g/mol. The Labute approximate surface area is 125 Å². The Morgan fingerprint density at radius 2 is 2.11 bits per heavy atom. The van der Waals surface area contributed by atoms with E-state index in [2.05, 4.69) is 53.3 Å². The molecule has 3 heteroatoms. The van der Waals surface area contributed by atoms with Crippen molar-refractivity contribution in [3.8, 4) is 0 Å². The monoisotopic (exact) mass is 325 g/mol. The summed E-state index contributed by atoms with van der Waals surface area (Å²) in [6.45, 7) is 7.28.